The Morgan fingerprint density at radius 1 is 0.696 bits per heavy atom. The molecule has 0 unspecified atom stereocenters. The van der Waals surface area contributed by atoms with Crippen molar-refractivity contribution in [1.82, 2.24) is 0 Å². The Morgan fingerprint density at radius 2 is 0.913 bits per heavy atom. The second kappa shape index (κ2) is 38.0. The summed E-state index contributed by atoms with van der Waals surface area (Å²) in [6.45, 7) is 21.6. The molecule has 0 aliphatic heterocycles. The molecule has 6 heteroatoms. The fourth-order valence-corrected chi connectivity index (χ4v) is 0.875. The maximum Gasteiger partial charge on any atom is 3.00 e. The minimum Gasteiger partial charge on any atom is -0.663 e. The van der Waals surface area contributed by atoms with Gasteiger partial charge in [0, 0.05) is 5.57 Å². The molecular formula is C17H40N3O2Zr. The summed E-state index contributed by atoms with van der Waals surface area (Å²) >= 11 is 0. The van der Waals surface area contributed by atoms with Gasteiger partial charge >= 0.3 is 26.2 Å². The quantitative estimate of drug-likeness (QED) is 0.553. The van der Waals surface area contributed by atoms with Crippen LogP contribution < -0.4 is 0 Å². The van der Waals surface area contributed by atoms with Crippen molar-refractivity contribution in [2.75, 3.05) is 46.4 Å². The van der Waals surface area contributed by atoms with Crippen molar-refractivity contribution < 1.29 is 36.0 Å². The molecule has 0 fully saturated rings. The van der Waals surface area contributed by atoms with Gasteiger partial charge in [0.2, 0.25) is 0 Å². The first kappa shape index (κ1) is 34.4. The second-order valence-corrected chi connectivity index (χ2v) is 4.08. The maximum absolute atomic E-state index is 8.59. The molecule has 0 atom stereocenters. The third-order valence-electron chi connectivity index (χ3n) is 1.96. The Kier molecular flexibility index (Phi) is 56.8. The van der Waals surface area contributed by atoms with E-state index in [0.29, 0.717) is 0 Å². The van der Waals surface area contributed by atoms with Crippen molar-refractivity contribution in [3.63, 3.8) is 0 Å². The fraction of sp³-hybridized carbons (Fsp3) is 0.882. The molecule has 0 amide bonds. The molecule has 0 aromatic heterocycles. The Labute approximate surface area is 165 Å². The number of allylic oxidation sites excluding steroid dienone is 1. The average molecular weight is 410 g/mol. The van der Waals surface area contributed by atoms with E-state index in [9.17, 15) is 0 Å². The molecule has 0 aromatic rings. The van der Waals surface area contributed by atoms with Crippen molar-refractivity contribution in [2.45, 2.75) is 55.4 Å². The van der Waals surface area contributed by atoms with Crippen LogP contribution in [0.3, 0.4) is 0 Å². The van der Waals surface area contributed by atoms with E-state index in [1.807, 2.05) is 41.5 Å². The van der Waals surface area contributed by atoms with Gasteiger partial charge in [-0.3, -0.25) is 0 Å². The molecule has 1 N–H and O–H groups in total. The van der Waals surface area contributed by atoms with Crippen LogP contribution in [0.5, 0.6) is 0 Å². The molecule has 139 valence electrons. The average Bonchev–Trinajstić information content (AvgIpc) is 2.50. The molecule has 0 rings (SSSR count). The van der Waals surface area contributed by atoms with Crippen molar-refractivity contribution in [1.29, 1.82) is 0 Å². The number of hydrogen-bond acceptors (Lipinski definition) is 2. The minimum absolute atomic E-state index is 0. The second-order valence-electron chi connectivity index (χ2n) is 4.08. The molecule has 0 aliphatic carbocycles. The zero-order chi connectivity index (χ0) is 18.2. The first-order valence-corrected chi connectivity index (χ1v) is 8.23. The number of rotatable bonds is 7. The van der Waals surface area contributed by atoms with Gasteiger partial charge in [-0.25, -0.2) is 0 Å². The molecule has 0 saturated carbocycles. The van der Waals surface area contributed by atoms with Crippen molar-refractivity contribution >= 4 is 0 Å². The molecule has 0 aromatic carbocycles. The molecule has 0 spiro atoms. The van der Waals surface area contributed by atoms with Gasteiger partial charge in [0.15, 0.2) is 0 Å². The zero-order valence-corrected chi connectivity index (χ0v) is 19.4. The van der Waals surface area contributed by atoms with Crippen LogP contribution in [0.4, 0.5) is 0 Å². The Bertz CT molecular complexity index is 180. The minimum atomic E-state index is 0. The number of hydrogen-bond donors (Lipinski definition) is 1. The zero-order valence-electron chi connectivity index (χ0n) is 16.9. The van der Waals surface area contributed by atoms with Crippen LogP contribution in [-0.4, -0.2) is 51.5 Å². The van der Waals surface area contributed by atoms with Crippen LogP contribution in [-0.2, 0) is 30.9 Å². The Morgan fingerprint density at radius 3 is 0.913 bits per heavy atom. The number of aliphatic hydroxyl groups excluding tert-OH is 1. The molecule has 5 nitrogen and oxygen atoms in total. The van der Waals surface area contributed by atoms with Gasteiger partial charge < -0.3 is 25.8 Å². The molecule has 1 radical (unpaired) electrons. The smallest absolute Gasteiger partial charge is 0.663 e. The Balaban J connectivity index is -0.0000000625. The SMILES string of the molecule is CC[N-]CC.CC[N-]CC.CC[N-]CC.COC(O)=C(C)C.[Zr+3]. The van der Waals surface area contributed by atoms with Crippen molar-refractivity contribution in [2.24, 2.45) is 0 Å². The van der Waals surface area contributed by atoms with Gasteiger partial charge in [0.05, 0.1) is 7.11 Å². The van der Waals surface area contributed by atoms with E-state index in [4.69, 9.17) is 5.11 Å². The standard InChI is InChI=1S/C5H10O2.3C4H10N.Zr/c1-4(2)5(6)7-3;3*1-3-5-4-2;/h6H,1-3H3;3*3-4H2,1-2H3;/q;3*-1;+3. The summed E-state index contributed by atoms with van der Waals surface area (Å²) in [5.41, 5.74) is 0.794. The van der Waals surface area contributed by atoms with Crippen LogP contribution in [0, 0.1) is 0 Å². The predicted molar refractivity (Wildman–Crippen MR) is 101 cm³/mol. The van der Waals surface area contributed by atoms with Gasteiger partial charge in [-0.1, -0.05) is 41.5 Å². The number of ether oxygens (including phenoxy) is 1. The molecule has 0 bridgehead atoms. The molecule has 0 aliphatic rings. The summed E-state index contributed by atoms with van der Waals surface area (Å²) in [7, 11) is 1.43. The third kappa shape index (κ3) is 61.0. The van der Waals surface area contributed by atoms with Crippen LogP contribution in [0.25, 0.3) is 16.0 Å². The van der Waals surface area contributed by atoms with Gasteiger partial charge in [0.1, 0.15) is 0 Å². The van der Waals surface area contributed by atoms with Crippen LogP contribution in [0.15, 0.2) is 11.5 Å². The summed E-state index contributed by atoms with van der Waals surface area (Å²) in [6, 6.07) is 0. The molecular weight excluding hydrogens is 369 g/mol. The molecule has 23 heavy (non-hydrogen) atoms. The summed E-state index contributed by atoms with van der Waals surface area (Å²) < 4.78 is 4.45. The first-order chi connectivity index (χ1) is 10.4. The third-order valence-corrected chi connectivity index (χ3v) is 1.96. The topological polar surface area (TPSA) is 71.8 Å². The van der Waals surface area contributed by atoms with Gasteiger partial charge in [-0.2, -0.15) is 39.3 Å². The number of methoxy groups -OCH3 is 1. The first-order valence-electron chi connectivity index (χ1n) is 8.23. The Hall–Kier alpha value is 0.103. The van der Waals surface area contributed by atoms with E-state index < -0.39 is 0 Å². The monoisotopic (exact) mass is 408 g/mol. The van der Waals surface area contributed by atoms with E-state index in [0.717, 1.165) is 44.8 Å². The summed E-state index contributed by atoms with van der Waals surface area (Å²) in [4.78, 5) is 0. The van der Waals surface area contributed by atoms with Crippen LogP contribution in [0.2, 0.25) is 0 Å². The largest absolute Gasteiger partial charge is 3.00 e. The summed E-state index contributed by atoms with van der Waals surface area (Å²) in [5.74, 6) is 0.0139. The normalized spacial score (nSPS) is 7.87. The van der Waals surface area contributed by atoms with Gasteiger partial charge in [0.25, 0.3) is 5.95 Å². The van der Waals surface area contributed by atoms with Gasteiger partial charge in [-0.15, -0.1) is 0 Å². The van der Waals surface area contributed by atoms with E-state index in [-0.39, 0.29) is 32.1 Å². The molecule has 0 saturated heterocycles. The summed E-state index contributed by atoms with van der Waals surface area (Å²) in [6.07, 6.45) is 0. The summed E-state index contributed by atoms with van der Waals surface area (Å²) in [5, 5.41) is 20.5. The van der Waals surface area contributed by atoms with Crippen LogP contribution >= 0.6 is 0 Å². The fourth-order valence-electron chi connectivity index (χ4n) is 0.875. The predicted octanol–water partition coefficient (Wildman–Crippen LogP) is 5.64. The number of nitrogens with zero attached hydrogens (tertiary/aromatic N) is 3. The molecule has 0 heterocycles. The van der Waals surface area contributed by atoms with E-state index in [1.54, 1.807) is 13.8 Å². The van der Waals surface area contributed by atoms with Crippen molar-refractivity contribution in [3.8, 4) is 0 Å². The van der Waals surface area contributed by atoms with E-state index >= 15 is 0 Å². The van der Waals surface area contributed by atoms with Crippen molar-refractivity contribution in [3.05, 3.63) is 27.5 Å². The van der Waals surface area contributed by atoms with Gasteiger partial charge in [-0.05, 0) is 13.8 Å². The number of aliphatic hydroxyl groups is 1. The van der Waals surface area contributed by atoms with Crippen LogP contribution in [0.1, 0.15) is 55.4 Å². The van der Waals surface area contributed by atoms with E-state index in [2.05, 4.69) is 20.7 Å². The maximum atomic E-state index is 8.59. The van der Waals surface area contributed by atoms with E-state index in [1.165, 1.54) is 7.11 Å².